The lowest BCUT2D eigenvalue weighted by molar-refractivity contribution is 0.00818. The highest BCUT2D eigenvalue weighted by molar-refractivity contribution is 4.82. The fourth-order valence-electron chi connectivity index (χ4n) is 1.54. The van der Waals surface area contributed by atoms with Crippen LogP contribution in [0.25, 0.3) is 0 Å². The third-order valence-corrected chi connectivity index (χ3v) is 3.34. The fourth-order valence-corrected chi connectivity index (χ4v) is 1.54. The van der Waals surface area contributed by atoms with Crippen LogP contribution in [-0.4, -0.2) is 11.2 Å². The standard InChI is InChI=1S/C11H24O/c1-6-7-8-11(5,9(2)3)10(4)12/h9-10,12H,6-8H2,1-5H3. The highest BCUT2D eigenvalue weighted by Crippen LogP contribution is 2.36. The van der Waals surface area contributed by atoms with Crippen LogP contribution in [0.15, 0.2) is 0 Å². The third-order valence-electron chi connectivity index (χ3n) is 3.34. The Kier molecular flexibility index (Phi) is 4.84. The van der Waals surface area contributed by atoms with Crippen molar-refractivity contribution in [2.75, 3.05) is 0 Å². The molecule has 2 atom stereocenters. The number of hydrogen-bond donors (Lipinski definition) is 1. The van der Waals surface area contributed by atoms with Gasteiger partial charge in [-0.2, -0.15) is 0 Å². The van der Waals surface area contributed by atoms with Gasteiger partial charge in [0.15, 0.2) is 0 Å². The third kappa shape index (κ3) is 2.78. The molecule has 0 aromatic rings. The van der Waals surface area contributed by atoms with E-state index in [1.807, 2.05) is 6.92 Å². The zero-order valence-electron chi connectivity index (χ0n) is 9.22. The number of unbranched alkanes of at least 4 members (excludes halogenated alkanes) is 1. The molecule has 12 heavy (non-hydrogen) atoms. The Morgan fingerprint density at radius 1 is 1.25 bits per heavy atom. The van der Waals surface area contributed by atoms with Crippen molar-refractivity contribution in [3.05, 3.63) is 0 Å². The predicted octanol–water partition coefficient (Wildman–Crippen LogP) is 3.22. The fraction of sp³-hybridized carbons (Fsp3) is 1.00. The van der Waals surface area contributed by atoms with Crippen molar-refractivity contribution >= 4 is 0 Å². The van der Waals surface area contributed by atoms with Gasteiger partial charge in [-0.15, -0.1) is 0 Å². The molecule has 0 aliphatic heterocycles. The molecule has 0 aliphatic rings. The lowest BCUT2D eigenvalue weighted by atomic mass is 9.71. The molecule has 0 aromatic heterocycles. The van der Waals surface area contributed by atoms with Crippen molar-refractivity contribution in [3.63, 3.8) is 0 Å². The molecular formula is C11H24O. The number of rotatable bonds is 5. The van der Waals surface area contributed by atoms with E-state index in [1.165, 1.54) is 12.8 Å². The lowest BCUT2D eigenvalue weighted by Crippen LogP contribution is -2.35. The molecule has 0 saturated heterocycles. The SMILES string of the molecule is CCCCC(C)(C(C)C)C(C)O. The summed E-state index contributed by atoms with van der Waals surface area (Å²) >= 11 is 0. The van der Waals surface area contributed by atoms with Crippen molar-refractivity contribution in [1.29, 1.82) is 0 Å². The van der Waals surface area contributed by atoms with E-state index in [9.17, 15) is 5.11 Å². The van der Waals surface area contributed by atoms with Gasteiger partial charge in [0.2, 0.25) is 0 Å². The van der Waals surface area contributed by atoms with Gasteiger partial charge in [0.1, 0.15) is 0 Å². The highest BCUT2D eigenvalue weighted by atomic mass is 16.3. The van der Waals surface area contributed by atoms with E-state index < -0.39 is 0 Å². The Bertz CT molecular complexity index is 108. The zero-order chi connectivity index (χ0) is 9.78. The van der Waals surface area contributed by atoms with Gasteiger partial charge in [0.05, 0.1) is 6.10 Å². The Labute approximate surface area is 77.2 Å². The largest absolute Gasteiger partial charge is 0.393 e. The van der Waals surface area contributed by atoms with Gasteiger partial charge in [-0.05, 0) is 24.7 Å². The molecule has 0 heterocycles. The molecule has 1 nitrogen and oxygen atoms in total. The van der Waals surface area contributed by atoms with Crippen LogP contribution in [0.5, 0.6) is 0 Å². The molecule has 0 aliphatic carbocycles. The summed E-state index contributed by atoms with van der Waals surface area (Å²) in [6.07, 6.45) is 3.39. The van der Waals surface area contributed by atoms with Gasteiger partial charge in [-0.1, -0.05) is 40.5 Å². The first-order chi connectivity index (χ1) is 5.45. The molecule has 0 fully saturated rings. The van der Waals surface area contributed by atoms with E-state index >= 15 is 0 Å². The Morgan fingerprint density at radius 3 is 2.00 bits per heavy atom. The van der Waals surface area contributed by atoms with Gasteiger partial charge in [0, 0.05) is 0 Å². The van der Waals surface area contributed by atoms with E-state index in [0.717, 1.165) is 6.42 Å². The first-order valence-electron chi connectivity index (χ1n) is 5.13. The van der Waals surface area contributed by atoms with Gasteiger partial charge < -0.3 is 5.11 Å². The minimum absolute atomic E-state index is 0.107. The minimum Gasteiger partial charge on any atom is -0.393 e. The van der Waals surface area contributed by atoms with Crippen molar-refractivity contribution in [1.82, 2.24) is 0 Å². The van der Waals surface area contributed by atoms with E-state index in [0.29, 0.717) is 5.92 Å². The van der Waals surface area contributed by atoms with Crippen LogP contribution in [0.2, 0.25) is 0 Å². The molecule has 1 N–H and O–H groups in total. The summed E-state index contributed by atoms with van der Waals surface area (Å²) < 4.78 is 0. The molecule has 0 bridgehead atoms. The van der Waals surface area contributed by atoms with Crippen LogP contribution in [0, 0.1) is 11.3 Å². The maximum absolute atomic E-state index is 9.67. The van der Waals surface area contributed by atoms with Crippen LogP contribution in [0.3, 0.4) is 0 Å². The second kappa shape index (κ2) is 4.86. The maximum atomic E-state index is 9.67. The second-order valence-corrected chi connectivity index (χ2v) is 4.44. The molecule has 0 aromatic carbocycles. The summed E-state index contributed by atoms with van der Waals surface area (Å²) in [5.41, 5.74) is 0.107. The molecule has 0 radical (unpaired) electrons. The molecule has 0 saturated carbocycles. The average Bonchev–Trinajstić information content (AvgIpc) is 1.99. The first kappa shape index (κ1) is 12.0. The molecule has 0 rings (SSSR count). The lowest BCUT2D eigenvalue weighted by Gasteiger charge is -2.36. The second-order valence-electron chi connectivity index (χ2n) is 4.44. The highest BCUT2D eigenvalue weighted by Gasteiger charge is 2.32. The molecule has 0 spiro atoms. The normalized spacial score (nSPS) is 19.2. The number of aliphatic hydroxyl groups excluding tert-OH is 1. The molecule has 1 heteroatoms. The summed E-state index contributed by atoms with van der Waals surface area (Å²) in [4.78, 5) is 0. The van der Waals surface area contributed by atoms with Gasteiger partial charge in [-0.25, -0.2) is 0 Å². The summed E-state index contributed by atoms with van der Waals surface area (Å²) in [5, 5.41) is 9.67. The van der Waals surface area contributed by atoms with Crippen molar-refractivity contribution in [2.45, 2.75) is 60.0 Å². The van der Waals surface area contributed by atoms with E-state index in [2.05, 4.69) is 27.7 Å². The van der Waals surface area contributed by atoms with Crippen LogP contribution in [0.4, 0.5) is 0 Å². The quantitative estimate of drug-likeness (QED) is 0.675. The average molecular weight is 172 g/mol. The van der Waals surface area contributed by atoms with Gasteiger partial charge >= 0.3 is 0 Å². The Morgan fingerprint density at radius 2 is 1.75 bits per heavy atom. The summed E-state index contributed by atoms with van der Waals surface area (Å²) in [6.45, 7) is 10.7. The maximum Gasteiger partial charge on any atom is 0.0568 e. The topological polar surface area (TPSA) is 20.2 Å². The number of hydrogen-bond acceptors (Lipinski definition) is 1. The summed E-state index contributed by atoms with van der Waals surface area (Å²) in [5.74, 6) is 0.559. The van der Waals surface area contributed by atoms with E-state index in [4.69, 9.17) is 0 Å². The van der Waals surface area contributed by atoms with Crippen LogP contribution >= 0.6 is 0 Å². The van der Waals surface area contributed by atoms with Crippen LogP contribution < -0.4 is 0 Å². The van der Waals surface area contributed by atoms with Gasteiger partial charge in [-0.3, -0.25) is 0 Å². The van der Waals surface area contributed by atoms with E-state index in [-0.39, 0.29) is 11.5 Å². The summed E-state index contributed by atoms with van der Waals surface area (Å²) in [6, 6.07) is 0. The molecular weight excluding hydrogens is 148 g/mol. The monoisotopic (exact) mass is 172 g/mol. The summed E-state index contributed by atoms with van der Waals surface area (Å²) in [7, 11) is 0. The molecule has 2 unspecified atom stereocenters. The van der Waals surface area contributed by atoms with Crippen LogP contribution in [-0.2, 0) is 0 Å². The van der Waals surface area contributed by atoms with Crippen molar-refractivity contribution in [2.24, 2.45) is 11.3 Å². The van der Waals surface area contributed by atoms with Gasteiger partial charge in [0.25, 0.3) is 0 Å². The van der Waals surface area contributed by atoms with E-state index in [1.54, 1.807) is 0 Å². The van der Waals surface area contributed by atoms with Crippen molar-refractivity contribution < 1.29 is 5.11 Å². The molecule has 0 amide bonds. The first-order valence-corrected chi connectivity index (χ1v) is 5.13. The predicted molar refractivity (Wildman–Crippen MR) is 54.2 cm³/mol. The van der Waals surface area contributed by atoms with Crippen LogP contribution in [0.1, 0.15) is 53.9 Å². The minimum atomic E-state index is -0.191. The Balaban J connectivity index is 4.19. The Hall–Kier alpha value is -0.0400. The smallest absolute Gasteiger partial charge is 0.0568 e. The zero-order valence-corrected chi connectivity index (χ0v) is 9.22. The molecule has 74 valence electrons. The van der Waals surface area contributed by atoms with Crippen molar-refractivity contribution in [3.8, 4) is 0 Å². The number of aliphatic hydroxyl groups is 1.